The number of nitrogens with zero attached hydrogens (tertiary/aromatic N) is 1. The molecule has 0 unspecified atom stereocenters. The number of para-hydroxylation sites is 1. The maximum atomic E-state index is 13.3. The van der Waals surface area contributed by atoms with E-state index in [0.717, 1.165) is 69.0 Å². The molecule has 9 heteroatoms. The van der Waals surface area contributed by atoms with Gasteiger partial charge in [0.2, 0.25) is 10.0 Å². The molecule has 0 bridgehead atoms. The predicted octanol–water partition coefficient (Wildman–Crippen LogP) is 7.16. The van der Waals surface area contributed by atoms with Crippen molar-refractivity contribution in [2.24, 2.45) is 0 Å². The highest BCUT2D eigenvalue weighted by atomic mass is 32.2. The smallest absolute Gasteiger partial charge is 0.264 e. The van der Waals surface area contributed by atoms with Gasteiger partial charge in [-0.05, 0) is 91.8 Å². The van der Waals surface area contributed by atoms with Gasteiger partial charge in [0.1, 0.15) is 19.0 Å². The molecule has 0 radical (unpaired) electrons. The quantitative estimate of drug-likeness (QED) is 0.244. The largest absolute Gasteiger partial charge is 0.497 e. The second-order valence-corrected chi connectivity index (χ2v) is 14.6. The predicted molar refractivity (Wildman–Crippen MR) is 177 cm³/mol. The number of amides is 1. The summed E-state index contributed by atoms with van der Waals surface area (Å²) in [5, 5.41) is 0.370. The van der Waals surface area contributed by atoms with E-state index in [4.69, 9.17) is 14.2 Å². The van der Waals surface area contributed by atoms with E-state index in [0.29, 0.717) is 31.2 Å². The van der Waals surface area contributed by atoms with E-state index >= 15 is 0 Å². The molecule has 1 aromatic heterocycles. The van der Waals surface area contributed by atoms with Crippen LogP contribution in [-0.4, -0.2) is 44.5 Å². The normalized spacial score (nSPS) is 16.5. The van der Waals surface area contributed by atoms with Crippen LogP contribution in [0, 0.1) is 0 Å². The first-order chi connectivity index (χ1) is 21.7. The molecule has 2 aliphatic heterocycles. The van der Waals surface area contributed by atoms with Crippen LogP contribution in [0.1, 0.15) is 78.9 Å². The van der Waals surface area contributed by atoms with Crippen LogP contribution in [0.5, 0.6) is 17.2 Å². The van der Waals surface area contributed by atoms with Crippen molar-refractivity contribution in [2.45, 2.75) is 63.7 Å². The number of aromatic nitrogens is 1. The monoisotopic (exact) mass is 626 g/mol. The van der Waals surface area contributed by atoms with Crippen LogP contribution < -0.4 is 18.9 Å². The summed E-state index contributed by atoms with van der Waals surface area (Å²) in [6.07, 6.45) is 8.00. The lowest BCUT2D eigenvalue weighted by Crippen LogP contribution is -2.35. The molecule has 1 saturated carbocycles. The summed E-state index contributed by atoms with van der Waals surface area (Å²) < 4.78 is 47.5. The third-order valence-electron chi connectivity index (χ3n) is 9.32. The minimum absolute atomic E-state index is 0.306. The molecule has 4 aromatic rings. The van der Waals surface area contributed by atoms with Crippen LogP contribution in [0.4, 0.5) is 0 Å². The number of methoxy groups -OCH3 is 1. The summed E-state index contributed by atoms with van der Waals surface area (Å²) in [7, 11) is -2.11. The molecule has 1 fully saturated rings. The van der Waals surface area contributed by atoms with Gasteiger partial charge in [-0.2, -0.15) is 0 Å². The maximum absolute atomic E-state index is 13.3. The molecule has 0 atom stereocenters. The molecule has 45 heavy (non-hydrogen) atoms. The van der Waals surface area contributed by atoms with Crippen molar-refractivity contribution in [3.05, 3.63) is 76.9 Å². The number of allylic oxidation sites excluding steroid dienone is 1. The zero-order valence-electron chi connectivity index (χ0n) is 25.9. The van der Waals surface area contributed by atoms with Gasteiger partial charge in [0, 0.05) is 34.1 Å². The average molecular weight is 627 g/mol. The van der Waals surface area contributed by atoms with Crippen LogP contribution in [-0.2, 0) is 16.6 Å². The zero-order valence-corrected chi connectivity index (χ0v) is 26.7. The van der Waals surface area contributed by atoms with Crippen molar-refractivity contribution >= 4 is 38.5 Å². The molecule has 7 rings (SSSR count). The number of rotatable bonds is 6. The Balaban J connectivity index is 1.48. The minimum Gasteiger partial charge on any atom is -0.497 e. The lowest BCUT2D eigenvalue weighted by atomic mass is 9.81. The summed E-state index contributed by atoms with van der Waals surface area (Å²) in [6, 6.07) is 17.8. The Labute approximate surface area is 264 Å². The number of hydrogen-bond acceptors (Lipinski definition) is 6. The van der Waals surface area contributed by atoms with E-state index in [9.17, 15) is 13.2 Å². The van der Waals surface area contributed by atoms with Crippen LogP contribution >= 0.6 is 0 Å². The van der Waals surface area contributed by atoms with Gasteiger partial charge in [-0.1, -0.05) is 37.5 Å². The summed E-state index contributed by atoms with van der Waals surface area (Å²) in [5.41, 5.74) is 7.76. The number of carbonyl (C=O) groups is 1. The summed E-state index contributed by atoms with van der Waals surface area (Å²) in [5.74, 6) is 1.97. The average Bonchev–Trinajstić information content (AvgIpc) is 3.26. The van der Waals surface area contributed by atoms with Crippen molar-refractivity contribution in [2.75, 3.05) is 20.3 Å². The van der Waals surface area contributed by atoms with Crippen molar-refractivity contribution in [1.82, 2.24) is 9.29 Å². The Hall–Kier alpha value is -4.24. The molecule has 234 valence electrons. The molecule has 3 aromatic carbocycles. The topological polar surface area (TPSA) is 95.9 Å². The number of benzene rings is 3. The summed E-state index contributed by atoms with van der Waals surface area (Å²) in [6.45, 7) is 4.61. The van der Waals surface area contributed by atoms with Crippen LogP contribution in [0.2, 0.25) is 0 Å². The second-order valence-electron chi connectivity index (χ2n) is 12.4. The van der Waals surface area contributed by atoms with E-state index in [-0.39, 0.29) is 0 Å². The highest BCUT2D eigenvalue weighted by Gasteiger charge is 2.31. The third-order valence-corrected chi connectivity index (χ3v) is 11.0. The molecule has 3 heterocycles. The minimum atomic E-state index is -3.79. The molecular formula is C36H38N2O6S. The molecule has 0 saturated heterocycles. The first-order valence-electron chi connectivity index (χ1n) is 15.7. The van der Waals surface area contributed by atoms with E-state index in [1.54, 1.807) is 27.0 Å². The zero-order chi connectivity index (χ0) is 31.3. The summed E-state index contributed by atoms with van der Waals surface area (Å²) in [4.78, 5) is 13.3. The van der Waals surface area contributed by atoms with Crippen molar-refractivity contribution in [3.8, 4) is 28.5 Å². The third kappa shape index (κ3) is 5.27. The van der Waals surface area contributed by atoms with Gasteiger partial charge in [-0.3, -0.25) is 4.79 Å². The number of sulfonamides is 1. The van der Waals surface area contributed by atoms with Crippen LogP contribution in [0.25, 0.3) is 33.8 Å². The van der Waals surface area contributed by atoms with E-state index in [2.05, 4.69) is 33.6 Å². The van der Waals surface area contributed by atoms with Gasteiger partial charge >= 0.3 is 0 Å². The van der Waals surface area contributed by atoms with Gasteiger partial charge in [0.25, 0.3) is 5.91 Å². The lowest BCUT2D eigenvalue weighted by molar-refractivity contribution is 0.0981. The van der Waals surface area contributed by atoms with Crippen molar-refractivity contribution in [3.63, 3.8) is 0 Å². The van der Waals surface area contributed by atoms with Gasteiger partial charge in [0.15, 0.2) is 11.5 Å². The van der Waals surface area contributed by atoms with E-state index < -0.39 is 21.2 Å². The van der Waals surface area contributed by atoms with Gasteiger partial charge in [0.05, 0.1) is 18.1 Å². The molecule has 0 spiro atoms. The standard InChI is InChI=1S/C36H38N2O6S/c1-22(2)45(40,41)37-36(39)24-12-14-30-31(20-24)38-21-26(29-10-7-11-32-35(29)44-17-16-43-32)18-25-19-27(42-3)13-15-28(25)34(38)33(30)23-8-5-4-6-9-23/h7,10-15,18-20,22-23H,4-6,8-9,16-17,21H2,1-3H3,(H,37,39). The molecule has 1 amide bonds. The lowest BCUT2D eigenvalue weighted by Gasteiger charge is -2.24. The summed E-state index contributed by atoms with van der Waals surface area (Å²) >= 11 is 0. The molecule has 3 aliphatic rings. The Bertz CT molecular complexity index is 1950. The first-order valence-corrected chi connectivity index (χ1v) is 17.3. The van der Waals surface area contributed by atoms with Crippen LogP contribution in [0.15, 0.2) is 54.6 Å². The fourth-order valence-corrected chi connectivity index (χ4v) is 7.59. The Morgan fingerprint density at radius 3 is 2.56 bits per heavy atom. The fraction of sp³-hybridized carbons (Fsp3) is 0.361. The fourth-order valence-electron chi connectivity index (χ4n) is 6.98. The van der Waals surface area contributed by atoms with Crippen molar-refractivity contribution < 1.29 is 27.4 Å². The number of ether oxygens (including phenoxy) is 3. The number of carbonyl (C=O) groups excluding carboxylic acids is 1. The molecule has 1 aliphatic carbocycles. The molecular weight excluding hydrogens is 588 g/mol. The van der Waals surface area contributed by atoms with E-state index in [1.807, 2.05) is 30.3 Å². The Kier molecular flexibility index (Phi) is 7.60. The first kappa shape index (κ1) is 29.5. The number of hydrogen-bond donors (Lipinski definition) is 1. The Morgan fingerprint density at radius 2 is 1.78 bits per heavy atom. The Morgan fingerprint density at radius 1 is 0.978 bits per heavy atom. The maximum Gasteiger partial charge on any atom is 0.264 e. The molecule has 1 N–H and O–H groups in total. The van der Waals surface area contributed by atoms with Gasteiger partial charge in [-0.15, -0.1) is 0 Å². The highest BCUT2D eigenvalue weighted by Crippen LogP contribution is 2.49. The number of fused-ring (bicyclic) bond motifs is 6. The van der Waals surface area contributed by atoms with Crippen molar-refractivity contribution in [1.29, 1.82) is 0 Å². The van der Waals surface area contributed by atoms with Gasteiger partial charge in [-0.25, -0.2) is 13.1 Å². The van der Waals surface area contributed by atoms with Gasteiger partial charge < -0.3 is 18.8 Å². The highest BCUT2D eigenvalue weighted by molar-refractivity contribution is 7.90. The SMILES string of the molecule is COc1ccc2c(c1)C=C(c1cccc3c1OCCO3)Cn1c-2c(C2CCCCC2)c2ccc(C(=O)NS(=O)(=O)C(C)C)cc21. The molecule has 8 nitrogen and oxygen atoms in total. The number of nitrogens with one attached hydrogen (secondary N) is 1. The van der Waals surface area contributed by atoms with Crippen LogP contribution in [0.3, 0.4) is 0 Å². The van der Waals surface area contributed by atoms with E-state index in [1.165, 1.54) is 24.8 Å². The second kappa shape index (κ2) is 11.6.